The summed E-state index contributed by atoms with van der Waals surface area (Å²) in [5.74, 6) is 0.0845. The van der Waals surface area contributed by atoms with Crippen LogP contribution in [0.25, 0.3) is 0 Å². The first-order valence-corrected chi connectivity index (χ1v) is 7.10. The van der Waals surface area contributed by atoms with E-state index in [2.05, 4.69) is 27.8 Å². The monoisotopic (exact) mass is 272 g/mol. The molecule has 0 aromatic carbocycles. The Hall–Kier alpha value is -2.04. The summed E-state index contributed by atoms with van der Waals surface area (Å²) in [6.45, 7) is 5.65. The van der Waals surface area contributed by atoms with Crippen LogP contribution in [0.1, 0.15) is 40.8 Å². The molecule has 2 aromatic rings. The molecular weight excluding hydrogens is 252 g/mol. The largest absolute Gasteiger partial charge is 0.357 e. The quantitative estimate of drug-likeness (QED) is 0.912. The van der Waals surface area contributed by atoms with Gasteiger partial charge in [-0.2, -0.15) is 5.10 Å². The molecule has 106 valence electrons. The van der Waals surface area contributed by atoms with E-state index in [4.69, 9.17) is 0 Å². The molecule has 1 fully saturated rings. The Balaban J connectivity index is 1.77. The number of nitrogens with one attached hydrogen (secondary N) is 1. The van der Waals surface area contributed by atoms with Crippen molar-refractivity contribution in [3.63, 3.8) is 0 Å². The minimum Gasteiger partial charge on any atom is -0.357 e. The van der Waals surface area contributed by atoms with Crippen molar-refractivity contribution in [1.82, 2.24) is 19.7 Å². The standard InChI is InChI=1S/C15H20N4O/c1-11-9-12(2)19(17-11)13-5-4-8-18(10-13)15(20)14-6-3-7-16-14/h3,6-7,9,13,16H,4-5,8,10H2,1-2H3. The highest BCUT2D eigenvalue weighted by Crippen LogP contribution is 2.23. The zero-order valence-electron chi connectivity index (χ0n) is 12.0. The van der Waals surface area contributed by atoms with Gasteiger partial charge in [0.1, 0.15) is 5.69 Å². The fraction of sp³-hybridized carbons (Fsp3) is 0.467. The maximum absolute atomic E-state index is 12.4. The van der Waals surface area contributed by atoms with Gasteiger partial charge in [0.25, 0.3) is 5.91 Å². The molecule has 1 N–H and O–H groups in total. The average molecular weight is 272 g/mol. The second-order valence-corrected chi connectivity index (χ2v) is 5.50. The zero-order chi connectivity index (χ0) is 14.1. The number of H-pyrrole nitrogens is 1. The summed E-state index contributed by atoms with van der Waals surface area (Å²) in [6, 6.07) is 6.06. The van der Waals surface area contributed by atoms with Gasteiger partial charge in [-0.15, -0.1) is 0 Å². The van der Waals surface area contributed by atoms with E-state index in [9.17, 15) is 4.79 Å². The smallest absolute Gasteiger partial charge is 0.270 e. The molecule has 2 aromatic heterocycles. The topological polar surface area (TPSA) is 53.9 Å². The number of hydrogen-bond acceptors (Lipinski definition) is 2. The summed E-state index contributed by atoms with van der Waals surface area (Å²) in [6.07, 6.45) is 3.89. The summed E-state index contributed by atoms with van der Waals surface area (Å²) < 4.78 is 2.07. The van der Waals surface area contributed by atoms with Crippen LogP contribution in [-0.4, -0.2) is 38.7 Å². The Morgan fingerprint density at radius 3 is 2.95 bits per heavy atom. The molecule has 1 aliphatic rings. The van der Waals surface area contributed by atoms with Crippen LogP contribution in [0.5, 0.6) is 0 Å². The van der Waals surface area contributed by atoms with E-state index in [0.29, 0.717) is 5.69 Å². The fourth-order valence-corrected chi connectivity index (χ4v) is 2.99. The summed E-state index contributed by atoms with van der Waals surface area (Å²) >= 11 is 0. The number of aromatic nitrogens is 3. The van der Waals surface area contributed by atoms with Gasteiger partial charge >= 0.3 is 0 Å². The summed E-state index contributed by atoms with van der Waals surface area (Å²) in [4.78, 5) is 17.3. The predicted octanol–water partition coefficient (Wildman–Crippen LogP) is 2.31. The second-order valence-electron chi connectivity index (χ2n) is 5.50. The predicted molar refractivity (Wildman–Crippen MR) is 76.7 cm³/mol. The molecule has 1 saturated heterocycles. The van der Waals surface area contributed by atoms with Crippen molar-refractivity contribution >= 4 is 5.91 Å². The molecule has 1 unspecified atom stereocenters. The number of likely N-dealkylation sites (tertiary alicyclic amines) is 1. The highest BCUT2D eigenvalue weighted by Gasteiger charge is 2.27. The number of amides is 1. The third-order valence-corrected chi connectivity index (χ3v) is 3.90. The summed E-state index contributed by atoms with van der Waals surface area (Å²) in [7, 11) is 0. The summed E-state index contributed by atoms with van der Waals surface area (Å²) in [5, 5.41) is 4.56. The van der Waals surface area contributed by atoms with Gasteiger partial charge in [0.2, 0.25) is 0 Å². The first-order valence-electron chi connectivity index (χ1n) is 7.10. The first kappa shape index (κ1) is 13.0. The van der Waals surface area contributed by atoms with Crippen LogP contribution in [0.3, 0.4) is 0 Å². The van der Waals surface area contributed by atoms with Gasteiger partial charge < -0.3 is 9.88 Å². The molecule has 1 amide bonds. The lowest BCUT2D eigenvalue weighted by Gasteiger charge is -2.33. The molecule has 1 aliphatic heterocycles. The van der Waals surface area contributed by atoms with E-state index in [-0.39, 0.29) is 11.9 Å². The van der Waals surface area contributed by atoms with Gasteiger partial charge in [-0.25, -0.2) is 0 Å². The molecule has 0 bridgehead atoms. The molecule has 0 aliphatic carbocycles. The van der Waals surface area contributed by atoms with Crippen molar-refractivity contribution in [1.29, 1.82) is 0 Å². The highest BCUT2D eigenvalue weighted by atomic mass is 16.2. The minimum absolute atomic E-state index is 0.0845. The molecule has 0 radical (unpaired) electrons. The zero-order valence-corrected chi connectivity index (χ0v) is 12.0. The number of carbonyl (C=O) groups is 1. The van der Waals surface area contributed by atoms with Crippen LogP contribution >= 0.6 is 0 Å². The van der Waals surface area contributed by atoms with Crippen LogP contribution in [0.4, 0.5) is 0 Å². The Kier molecular flexibility index (Phi) is 3.34. The van der Waals surface area contributed by atoms with Gasteiger partial charge in [-0.05, 0) is 44.9 Å². The molecule has 5 heteroatoms. The van der Waals surface area contributed by atoms with Crippen LogP contribution in [0.2, 0.25) is 0 Å². The lowest BCUT2D eigenvalue weighted by Crippen LogP contribution is -2.41. The number of nitrogens with zero attached hydrogens (tertiary/aromatic N) is 3. The molecule has 20 heavy (non-hydrogen) atoms. The SMILES string of the molecule is Cc1cc(C)n(C2CCCN(C(=O)c3ccc[nH]3)C2)n1. The van der Waals surface area contributed by atoms with Crippen molar-refractivity contribution < 1.29 is 4.79 Å². The number of carbonyl (C=O) groups excluding carboxylic acids is 1. The third-order valence-electron chi connectivity index (χ3n) is 3.90. The Morgan fingerprint density at radius 2 is 2.30 bits per heavy atom. The second kappa shape index (κ2) is 5.15. The number of piperidine rings is 1. The van der Waals surface area contributed by atoms with Crippen LogP contribution in [0, 0.1) is 13.8 Å². The van der Waals surface area contributed by atoms with Crippen molar-refractivity contribution in [3.8, 4) is 0 Å². The fourth-order valence-electron chi connectivity index (χ4n) is 2.99. The normalized spacial score (nSPS) is 19.3. The van der Waals surface area contributed by atoms with Crippen molar-refractivity contribution in [3.05, 3.63) is 41.5 Å². The van der Waals surface area contributed by atoms with E-state index < -0.39 is 0 Å². The van der Waals surface area contributed by atoms with E-state index in [0.717, 1.165) is 31.6 Å². The van der Waals surface area contributed by atoms with E-state index in [1.807, 2.05) is 24.0 Å². The van der Waals surface area contributed by atoms with Crippen LogP contribution in [0.15, 0.2) is 24.4 Å². The van der Waals surface area contributed by atoms with Gasteiger partial charge in [0, 0.05) is 25.0 Å². The van der Waals surface area contributed by atoms with Gasteiger partial charge in [0.15, 0.2) is 0 Å². The summed E-state index contributed by atoms with van der Waals surface area (Å²) in [5.41, 5.74) is 2.87. The molecule has 0 spiro atoms. The van der Waals surface area contributed by atoms with E-state index in [1.54, 1.807) is 6.20 Å². The van der Waals surface area contributed by atoms with Gasteiger partial charge in [-0.1, -0.05) is 0 Å². The lowest BCUT2D eigenvalue weighted by molar-refractivity contribution is 0.0666. The van der Waals surface area contributed by atoms with E-state index in [1.165, 1.54) is 5.69 Å². The Morgan fingerprint density at radius 1 is 1.45 bits per heavy atom. The first-order chi connectivity index (χ1) is 9.65. The maximum atomic E-state index is 12.4. The van der Waals surface area contributed by atoms with Crippen LogP contribution in [-0.2, 0) is 0 Å². The Bertz CT molecular complexity index is 599. The molecule has 1 atom stereocenters. The van der Waals surface area contributed by atoms with Gasteiger partial charge in [-0.3, -0.25) is 9.48 Å². The minimum atomic E-state index is 0.0845. The maximum Gasteiger partial charge on any atom is 0.270 e. The number of hydrogen-bond donors (Lipinski definition) is 1. The molecule has 0 saturated carbocycles. The van der Waals surface area contributed by atoms with E-state index >= 15 is 0 Å². The Labute approximate surface area is 118 Å². The van der Waals surface area contributed by atoms with Crippen molar-refractivity contribution in [2.45, 2.75) is 32.7 Å². The molecule has 3 rings (SSSR count). The lowest BCUT2D eigenvalue weighted by atomic mass is 10.1. The third kappa shape index (κ3) is 2.35. The number of rotatable bonds is 2. The van der Waals surface area contributed by atoms with Gasteiger partial charge in [0.05, 0.1) is 11.7 Å². The molecule has 3 heterocycles. The highest BCUT2D eigenvalue weighted by molar-refractivity contribution is 5.92. The average Bonchev–Trinajstić information content (AvgIpc) is 3.08. The number of aryl methyl sites for hydroxylation is 2. The molecular formula is C15H20N4O. The van der Waals surface area contributed by atoms with Crippen molar-refractivity contribution in [2.75, 3.05) is 13.1 Å². The van der Waals surface area contributed by atoms with Crippen LogP contribution < -0.4 is 0 Å². The number of aromatic amines is 1. The van der Waals surface area contributed by atoms with Crippen molar-refractivity contribution in [2.24, 2.45) is 0 Å². The molecule has 5 nitrogen and oxygen atoms in total.